The standard InChI is InChI=1S/C24H19BrN2OS2/c25-19-11-9-18(10-12-19)22(28)23-20(26)21(27-14-5-2-6-15-27)24(30-23)29-16-13-17-7-3-1-4-8-17/h1-12,14-15H,13,16H2,(H-,26,28)/p+1. The molecule has 0 aliphatic rings. The number of aromatic nitrogens is 1. The number of carbonyl (C=O) groups excluding carboxylic acids is 1. The van der Waals surface area contributed by atoms with Crippen molar-refractivity contribution in [3.63, 3.8) is 0 Å². The van der Waals surface area contributed by atoms with Crippen LogP contribution in [-0.4, -0.2) is 11.5 Å². The molecule has 0 fully saturated rings. The number of halogens is 1. The van der Waals surface area contributed by atoms with E-state index >= 15 is 0 Å². The highest BCUT2D eigenvalue weighted by Gasteiger charge is 2.28. The summed E-state index contributed by atoms with van der Waals surface area (Å²) in [6.07, 6.45) is 4.89. The zero-order valence-electron chi connectivity index (χ0n) is 16.1. The van der Waals surface area contributed by atoms with Crippen LogP contribution in [0.2, 0.25) is 0 Å². The molecular formula is C24H20BrN2OS2+. The molecule has 30 heavy (non-hydrogen) atoms. The molecule has 0 aliphatic heterocycles. The van der Waals surface area contributed by atoms with Gasteiger partial charge < -0.3 is 5.73 Å². The van der Waals surface area contributed by atoms with Gasteiger partial charge in [0.2, 0.25) is 5.78 Å². The van der Waals surface area contributed by atoms with Gasteiger partial charge in [0.05, 0.1) is 0 Å². The molecule has 0 aliphatic carbocycles. The van der Waals surface area contributed by atoms with Gasteiger partial charge >= 0.3 is 0 Å². The third-order valence-electron chi connectivity index (χ3n) is 4.64. The fourth-order valence-electron chi connectivity index (χ4n) is 3.11. The molecule has 0 unspecified atom stereocenters. The first-order chi connectivity index (χ1) is 14.6. The summed E-state index contributed by atoms with van der Waals surface area (Å²) in [7, 11) is 0. The summed E-state index contributed by atoms with van der Waals surface area (Å²) < 4.78 is 3.99. The minimum atomic E-state index is -0.0438. The number of nitrogens with two attached hydrogens (primary N) is 1. The fourth-order valence-corrected chi connectivity index (χ4v) is 5.90. The van der Waals surface area contributed by atoms with Crippen molar-refractivity contribution in [2.45, 2.75) is 10.6 Å². The molecule has 0 bridgehead atoms. The first kappa shape index (κ1) is 20.8. The zero-order chi connectivity index (χ0) is 20.9. The van der Waals surface area contributed by atoms with E-state index in [2.05, 4.69) is 40.2 Å². The molecule has 0 saturated heterocycles. The molecule has 3 nitrogen and oxygen atoms in total. The van der Waals surface area contributed by atoms with Gasteiger partial charge in [0.15, 0.2) is 12.4 Å². The van der Waals surface area contributed by atoms with Gasteiger partial charge in [0.25, 0.3) is 5.69 Å². The van der Waals surface area contributed by atoms with Crippen molar-refractivity contribution in [2.75, 3.05) is 11.5 Å². The van der Waals surface area contributed by atoms with Crippen LogP contribution < -0.4 is 10.3 Å². The van der Waals surface area contributed by atoms with Crippen LogP contribution in [0, 0.1) is 0 Å². The highest BCUT2D eigenvalue weighted by atomic mass is 79.9. The Labute approximate surface area is 192 Å². The molecule has 2 aromatic heterocycles. The molecule has 0 saturated carbocycles. The Bertz CT molecular complexity index is 1140. The second-order valence-corrected chi connectivity index (χ2v) is 9.98. The largest absolute Gasteiger partial charge is 0.392 e. The second-order valence-electron chi connectivity index (χ2n) is 6.68. The number of nitrogens with zero attached hydrogens (tertiary/aromatic N) is 1. The van der Waals surface area contributed by atoms with Crippen molar-refractivity contribution in [3.8, 4) is 5.69 Å². The van der Waals surface area contributed by atoms with Gasteiger partial charge in [-0.1, -0.05) is 52.3 Å². The van der Waals surface area contributed by atoms with E-state index in [9.17, 15) is 4.79 Å². The Kier molecular flexibility index (Phi) is 6.67. The lowest BCUT2D eigenvalue weighted by Crippen LogP contribution is -2.30. The molecule has 2 aromatic carbocycles. The first-order valence-electron chi connectivity index (χ1n) is 9.49. The van der Waals surface area contributed by atoms with Gasteiger partial charge in [0.1, 0.15) is 14.8 Å². The summed E-state index contributed by atoms with van der Waals surface area (Å²) in [5, 5.41) is 0. The van der Waals surface area contributed by atoms with E-state index in [4.69, 9.17) is 5.73 Å². The number of hydrogen-bond donors (Lipinski definition) is 1. The lowest BCUT2D eigenvalue weighted by molar-refractivity contribution is -0.596. The minimum absolute atomic E-state index is 0.0438. The quantitative estimate of drug-likeness (QED) is 0.196. The van der Waals surface area contributed by atoms with Crippen LogP contribution in [0.4, 0.5) is 5.69 Å². The van der Waals surface area contributed by atoms with Crippen molar-refractivity contribution in [2.24, 2.45) is 0 Å². The summed E-state index contributed by atoms with van der Waals surface area (Å²) in [4.78, 5) is 13.8. The second kappa shape index (κ2) is 9.60. The fraction of sp³-hybridized carbons (Fsp3) is 0.0833. The van der Waals surface area contributed by atoms with Crippen molar-refractivity contribution in [1.29, 1.82) is 0 Å². The molecule has 6 heteroatoms. The van der Waals surface area contributed by atoms with Crippen LogP contribution in [0.15, 0.2) is 93.9 Å². The zero-order valence-corrected chi connectivity index (χ0v) is 19.3. The summed E-state index contributed by atoms with van der Waals surface area (Å²) >= 11 is 6.64. The predicted molar refractivity (Wildman–Crippen MR) is 129 cm³/mol. The summed E-state index contributed by atoms with van der Waals surface area (Å²) in [5.74, 6) is 0.869. The maximum absolute atomic E-state index is 13.2. The molecule has 2 heterocycles. The van der Waals surface area contributed by atoms with E-state index in [1.54, 1.807) is 11.8 Å². The Hall–Kier alpha value is -2.41. The van der Waals surface area contributed by atoms with E-state index in [1.807, 2.05) is 65.5 Å². The number of ketones is 1. The lowest BCUT2D eigenvalue weighted by atomic mass is 10.1. The van der Waals surface area contributed by atoms with Crippen molar-refractivity contribution in [1.82, 2.24) is 0 Å². The Morgan fingerprint density at radius 2 is 1.63 bits per heavy atom. The number of rotatable bonds is 7. The molecule has 0 radical (unpaired) electrons. The molecule has 4 rings (SSSR count). The van der Waals surface area contributed by atoms with Gasteiger partial charge in [-0.25, -0.2) is 0 Å². The maximum atomic E-state index is 13.2. The van der Waals surface area contributed by atoms with Gasteiger partial charge in [-0.15, -0.1) is 23.1 Å². The normalized spacial score (nSPS) is 10.8. The number of pyridine rings is 1. The van der Waals surface area contributed by atoms with E-state index < -0.39 is 0 Å². The summed E-state index contributed by atoms with van der Waals surface area (Å²) in [6, 6.07) is 23.7. The average molecular weight is 496 g/mol. The van der Waals surface area contributed by atoms with E-state index in [0.717, 1.165) is 26.5 Å². The van der Waals surface area contributed by atoms with Crippen LogP contribution in [-0.2, 0) is 6.42 Å². The van der Waals surface area contributed by atoms with E-state index in [-0.39, 0.29) is 5.78 Å². The molecule has 150 valence electrons. The van der Waals surface area contributed by atoms with Gasteiger partial charge in [0, 0.05) is 27.9 Å². The number of nitrogen functional groups attached to an aromatic ring is 1. The third kappa shape index (κ3) is 4.67. The molecule has 4 aromatic rings. The molecule has 0 amide bonds. The molecule has 0 atom stereocenters. The predicted octanol–water partition coefficient (Wildman–Crippen LogP) is 5.94. The number of benzene rings is 2. The lowest BCUT2D eigenvalue weighted by Gasteiger charge is -2.02. The topological polar surface area (TPSA) is 47.0 Å². The third-order valence-corrected chi connectivity index (χ3v) is 7.63. The first-order valence-corrected chi connectivity index (χ1v) is 12.1. The number of anilines is 1. The number of thioether (sulfide) groups is 1. The number of carbonyl (C=O) groups is 1. The van der Waals surface area contributed by atoms with Crippen molar-refractivity contribution < 1.29 is 9.36 Å². The van der Waals surface area contributed by atoms with Crippen LogP contribution in [0.5, 0.6) is 0 Å². The van der Waals surface area contributed by atoms with Gasteiger partial charge in [-0.2, -0.15) is 4.57 Å². The smallest absolute Gasteiger partial charge is 0.259 e. The van der Waals surface area contributed by atoms with Gasteiger partial charge in [-0.05, 0) is 36.2 Å². The monoisotopic (exact) mass is 495 g/mol. The Balaban J connectivity index is 1.66. The van der Waals surface area contributed by atoms with Crippen LogP contribution in [0.25, 0.3) is 5.69 Å². The maximum Gasteiger partial charge on any atom is 0.259 e. The van der Waals surface area contributed by atoms with Crippen LogP contribution in [0.1, 0.15) is 20.8 Å². The van der Waals surface area contributed by atoms with Crippen LogP contribution in [0.3, 0.4) is 0 Å². The Morgan fingerprint density at radius 1 is 0.967 bits per heavy atom. The highest BCUT2D eigenvalue weighted by Crippen LogP contribution is 2.40. The van der Waals surface area contributed by atoms with E-state index in [1.165, 1.54) is 16.9 Å². The summed E-state index contributed by atoms with van der Waals surface area (Å²) in [5.41, 5.74) is 9.89. The van der Waals surface area contributed by atoms with Crippen LogP contribution >= 0.6 is 39.0 Å². The molecule has 2 N–H and O–H groups in total. The average Bonchev–Trinajstić information content (AvgIpc) is 3.11. The molecular weight excluding hydrogens is 476 g/mol. The number of aryl methyl sites for hydroxylation is 1. The SMILES string of the molecule is Nc1c(C(=O)c2ccc(Br)cc2)sc(SCCc2ccccc2)c1-[n+]1ccccc1. The van der Waals surface area contributed by atoms with Gasteiger partial charge in [-0.3, -0.25) is 4.79 Å². The number of hydrogen-bond acceptors (Lipinski definition) is 4. The van der Waals surface area contributed by atoms with Crippen molar-refractivity contribution in [3.05, 3.63) is 106 Å². The molecule has 0 spiro atoms. The minimum Gasteiger partial charge on any atom is -0.392 e. The Morgan fingerprint density at radius 3 is 2.33 bits per heavy atom. The number of thiophene rings is 1. The van der Waals surface area contributed by atoms with Crippen molar-refractivity contribution >= 4 is 50.5 Å². The highest BCUT2D eigenvalue weighted by molar-refractivity contribution is 9.10. The van der Waals surface area contributed by atoms with E-state index in [0.29, 0.717) is 16.1 Å². The summed E-state index contributed by atoms with van der Waals surface area (Å²) in [6.45, 7) is 0.